The quantitative estimate of drug-likeness (QED) is 0.795. The van der Waals surface area contributed by atoms with E-state index < -0.39 is 0 Å². The SMILES string of the molecule is CC(C)(C#N)Cc1ncccc1Br. The minimum atomic E-state index is -0.350. The van der Waals surface area contributed by atoms with Crippen LogP contribution in [0.2, 0.25) is 0 Å². The van der Waals surface area contributed by atoms with E-state index in [1.165, 1.54) is 0 Å². The lowest BCUT2D eigenvalue weighted by Gasteiger charge is -2.14. The summed E-state index contributed by atoms with van der Waals surface area (Å²) >= 11 is 3.41. The van der Waals surface area contributed by atoms with Gasteiger partial charge in [-0.05, 0) is 41.9 Å². The molecular formula is C10H11BrN2. The summed E-state index contributed by atoms with van der Waals surface area (Å²) in [5.41, 5.74) is 0.589. The van der Waals surface area contributed by atoms with Crippen LogP contribution in [-0.2, 0) is 6.42 Å². The smallest absolute Gasteiger partial charge is 0.0688 e. The van der Waals surface area contributed by atoms with Crippen LogP contribution in [0.4, 0.5) is 0 Å². The highest BCUT2D eigenvalue weighted by molar-refractivity contribution is 9.10. The van der Waals surface area contributed by atoms with Crippen molar-refractivity contribution in [3.8, 4) is 6.07 Å². The molecule has 0 aliphatic carbocycles. The summed E-state index contributed by atoms with van der Waals surface area (Å²) in [6, 6.07) is 6.06. The normalized spacial score (nSPS) is 10.9. The summed E-state index contributed by atoms with van der Waals surface area (Å²) in [6.07, 6.45) is 2.42. The zero-order valence-corrected chi connectivity index (χ0v) is 9.30. The van der Waals surface area contributed by atoms with Gasteiger partial charge in [-0.3, -0.25) is 4.98 Å². The predicted octanol–water partition coefficient (Wildman–Crippen LogP) is 2.94. The molecule has 1 aromatic heterocycles. The molecule has 13 heavy (non-hydrogen) atoms. The van der Waals surface area contributed by atoms with Gasteiger partial charge in [-0.15, -0.1) is 0 Å². The molecule has 0 bridgehead atoms. The number of hydrogen-bond donors (Lipinski definition) is 0. The molecule has 0 radical (unpaired) electrons. The minimum Gasteiger partial charge on any atom is -0.260 e. The average molecular weight is 239 g/mol. The Labute approximate surface area is 86.7 Å². The zero-order valence-electron chi connectivity index (χ0n) is 7.71. The van der Waals surface area contributed by atoms with Crippen LogP contribution in [0.25, 0.3) is 0 Å². The van der Waals surface area contributed by atoms with E-state index >= 15 is 0 Å². The van der Waals surface area contributed by atoms with Crippen LogP contribution in [0.15, 0.2) is 22.8 Å². The van der Waals surface area contributed by atoms with Crippen molar-refractivity contribution in [3.63, 3.8) is 0 Å². The number of nitriles is 1. The Morgan fingerprint density at radius 3 is 2.85 bits per heavy atom. The highest BCUT2D eigenvalue weighted by Crippen LogP contribution is 2.23. The lowest BCUT2D eigenvalue weighted by molar-refractivity contribution is 0.485. The maximum Gasteiger partial charge on any atom is 0.0688 e. The fraction of sp³-hybridized carbons (Fsp3) is 0.400. The van der Waals surface area contributed by atoms with Crippen LogP contribution in [0.1, 0.15) is 19.5 Å². The summed E-state index contributed by atoms with van der Waals surface area (Å²) < 4.78 is 0.971. The first kappa shape index (κ1) is 10.2. The van der Waals surface area contributed by atoms with Gasteiger partial charge in [-0.2, -0.15) is 5.26 Å². The molecule has 1 aromatic rings. The van der Waals surface area contributed by atoms with Crippen LogP contribution < -0.4 is 0 Å². The predicted molar refractivity (Wildman–Crippen MR) is 55.0 cm³/mol. The molecule has 3 heteroatoms. The molecule has 0 aliphatic rings. The molecule has 0 unspecified atom stereocenters. The number of halogens is 1. The topological polar surface area (TPSA) is 36.7 Å². The van der Waals surface area contributed by atoms with Crippen LogP contribution >= 0.6 is 15.9 Å². The molecule has 0 aromatic carbocycles. The number of pyridine rings is 1. The number of rotatable bonds is 2. The van der Waals surface area contributed by atoms with E-state index in [0.717, 1.165) is 10.2 Å². The van der Waals surface area contributed by atoms with Crippen molar-refractivity contribution in [2.75, 3.05) is 0 Å². The van der Waals surface area contributed by atoms with Gasteiger partial charge in [0.25, 0.3) is 0 Å². The van der Waals surface area contributed by atoms with Gasteiger partial charge in [0.05, 0.1) is 17.2 Å². The molecule has 1 heterocycles. The molecule has 0 N–H and O–H groups in total. The molecule has 0 saturated heterocycles. The molecule has 0 amide bonds. The highest BCUT2D eigenvalue weighted by atomic mass is 79.9. The Kier molecular flexibility index (Phi) is 3.05. The van der Waals surface area contributed by atoms with Gasteiger partial charge < -0.3 is 0 Å². The number of hydrogen-bond acceptors (Lipinski definition) is 2. The van der Waals surface area contributed by atoms with Crippen LogP contribution in [0.3, 0.4) is 0 Å². The third-order valence-corrected chi connectivity index (χ3v) is 2.47. The zero-order chi connectivity index (χ0) is 9.90. The first-order chi connectivity index (χ1) is 6.05. The second-order valence-corrected chi connectivity index (χ2v) is 4.46. The third kappa shape index (κ3) is 2.82. The molecule has 2 nitrogen and oxygen atoms in total. The molecule has 0 saturated carbocycles. The Hall–Kier alpha value is -0.880. The first-order valence-corrected chi connectivity index (χ1v) is 4.85. The van der Waals surface area contributed by atoms with Gasteiger partial charge in [-0.1, -0.05) is 0 Å². The third-order valence-electron chi connectivity index (χ3n) is 1.75. The Morgan fingerprint density at radius 2 is 2.31 bits per heavy atom. The second kappa shape index (κ2) is 3.89. The largest absolute Gasteiger partial charge is 0.260 e. The van der Waals surface area contributed by atoms with Gasteiger partial charge in [0.15, 0.2) is 0 Å². The summed E-state index contributed by atoms with van der Waals surface area (Å²) in [5.74, 6) is 0. The van der Waals surface area contributed by atoms with E-state index in [0.29, 0.717) is 6.42 Å². The number of aromatic nitrogens is 1. The van der Waals surface area contributed by atoms with Gasteiger partial charge in [0.1, 0.15) is 0 Å². The fourth-order valence-electron chi connectivity index (χ4n) is 1.01. The van der Waals surface area contributed by atoms with Crippen molar-refractivity contribution in [2.24, 2.45) is 5.41 Å². The van der Waals surface area contributed by atoms with Crippen molar-refractivity contribution in [2.45, 2.75) is 20.3 Å². The van der Waals surface area contributed by atoms with E-state index in [4.69, 9.17) is 5.26 Å². The van der Waals surface area contributed by atoms with Crippen LogP contribution in [-0.4, -0.2) is 4.98 Å². The number of nitrogens with zero attached hydrogens (tertiary/aromatic N) is 2. The summed E-state index contributed by atoms with van der Waals surface area (Å²) in [5, 5.41) is 8.85. The molecular weight excluding hydrogens is 228 g/mol. The molecule has 0 atom stereocenters. The molecule has 0 aliphatic heterocycles. The van der Waals surface area contributed by atoms with E-state index in [-0.39, 0.29) is 5.41 Å². The van der Waals surface area contributed by atoms with Crippen molar-refractivity contribution >= 4 is 15.9 Å². The Balaban J connectivity index is 2.88. The van der Waals surface area contributed by atoms with Crippen molar-refractivity contribution in [1.82, 2.24) is 4.98 Å². The average Bonchev–Trinajstić information content (AvgIpc) is 2.09. The minimum absolute atomic E-state index is 0.350. The first-order valence-electron chi connectivity index (χ1n) is 4.06. The molecule has 68 valence electrons. The lowest BCUT2D eigenvalue weighted by Crippen LogP contribution is -2.13. The van der Waals surface area contributed by atoms with Gasteiger partial charge in [0.2, 0.25) is 0 Å². The highest BCUT2D eigenvalue weighted by Gasteiger charge is 2.19. The van der Waals surface area contributed by atoms with Crippen LogP contribution in [0, 0.1) is 16.7 Å². The van der Waals surface area contributed by atoms with Gasteiger partial charge >= 0.3 is 0 Å². The van der Waals surface area contributed by atoms with E-state index in [1.54, 1.807) is 6.20 Å². The van der Waals surface area contributed by atoms with E-state index in [2.05, 4.69) is 27.0 Å². The monoisotopic (exact) mass is 238 g/mol. The molecule has 0 spiro atoms. The lowest BCUT2D eigenvalue weighted by atomic mass is 9.90. The second-order valence-electron chi connectivity index (χ2n) is 3.60. The van der Waals surface area contributed by atoms with Crippen molar-refractivity contribution < 1.29 is 0 Å². The maximum atomic E-state index is 8.85. The van der Waals surface area contributed by atoms with Crippen molar-refractivity contribution in [3.05, 3.63) is 28.5 Å². The summed E-state index contributed by atoms with van der Waals surface area (Å²) in [7, 11) is 0. The summed E-state index contributed by atoms with van der Waals surface area (Å²) in [6.45, 7) is 3.82. The maximum absolute atomic E-state index is 8.85. The van der Waals surface area contributed by atoms with Crippen molar-refractivity contribution in [1.29, 1.82) is 5.26 Å². The summed E-state index contributed by atoms with van der Waals surface area (Å²) in [4.78, 5) is 4.21. The van der Waals surface area contributed by atoms with Gasteiger partial charge in [0, 0.05) is 17.1 Å². The van der Waals surface area contributed by atoms with E-state index in [9.17, 15) is 0 Å². The Bertz CT molecular complexity index is 339. The van der Waals surface area contributed by atoms with Crippen LogP contribution in [0.5, 0.6) is 0 Å². The van der Waals surface area contributed by atoms with E-state index in [1.807, 2.05) is 26.0 Å². The standard InChI is InChI=1S/C10H11BrN2/c1-10(2,7-12)6-9-8(11)4-3-5-13-9/h3-5H,6H2,1-2H3. The Morgan fingerprint density at radius 1 is 1.62 bits per heavy atom. The molecule has 1 rings (SSSR count). The fourth-order valence-corrected chi connectivity index (χ4v) is 1.40. The van der Waals surface area contributed by atoms with Gasteiger partial charge in [-0.25, -0.2) is 0 Å². The molecule has 0 fully saturated rings.